The highest BCUT2D eigenvalue weighted by Crippen LogP contribution is 2.42. The number of amides is 1. The van der Waals surface area contributed by atoms with Crippen LogP contribution >= 0.6 is 0 Å². The SMILES string of the molecule is COC(=O)C1=C(C)[C@H](O[Si](C)(C)C(C)(C)C)C[C@@H]1C(=O)NC(C)C. The van der Waals surface area contributed by atoms with Crippen molar-refractivity contribution >= 4 is 20.2 Å². The molecule has 0 heterocycles. The monoisotopic (exact) mass is 355 g/mol. The zero-order valence-electron chi connectivity index (χ0n) is 16.6. The van der Waals surface area contributed by atoms with Gasteiger partial charge >= 0.3 is 5.97 Å². The van der Waals surface area contributed by atoms with E-state index in [-0.39, 0.29) is 23.1 Å². The van der Waals surface area contributed by atoms with Gasteiger partial charge < -0.3 is 14.5 Å². The van der Waals surface area contributed by atoms with Gasteiger partial charge in [-0.05, 0) is 50.9 Å². The average molecular weight is 356 g/mol. The minimum absolute atomic E-state index is 0.0251. The molecule has 0 spiro atoms. The maximum Gasteiger partial charge on any atom is 0.334 e. The fraction of sp³-hybridized carbons (Fsp3) is 0.778. The summed E-state index contributed by atoms with van der Waals surface area (Å²) in [6.07, 6.45) is 0.296. The lowest BCUT2D eigenvalue weighted by Crippen LogP contribution is -2.44. The van der Waals surface area contributed by atoms with Gasteiger partial charge in [0, 0.05) is 6.04 Å². The molecule has 1 rings (SSSR count). The number of esters is 1. The minimum Gasteiger partial charge on any atom is -0.466 e. The summed E-state index contributed by atoms with van der Waals surface area (Å²) < 4.78 is 11.4. The van der Waals surface area contributed by atoms with Gasteiger partial charge in [0.15, 0.2) is 8.32 Å². The molecule has 0 aromatic rings. The molecule has 6 heteroatoms. The van der Waals surface area contributed by atoms with Crippen molar-refractivity contribution in [3.63, 3.8) is 0 Å². The Balaban J connectivity index is 3.13. The molecule has 0 aliphatic heterocycles. The zero-order chi connectivity index (χ0) is 18.9. The number of hydrogen-bond acceptors (Lipinski definition) is 4. The van der Waals surface area contributed by atoms with Crippen molar-refractivity contribution < 1.29 is 18.8 Å². The first kappa shape index (κ1) is 20.9. The lowest BCUT2D eigenvalue weighted by molar-refractivity contribution is -0.138. The summed E-state index contributed by atoms with van der Waals surface area (Å²) in [6.45, 7) is 16.6. The number of carbonyl (C=O) groups excluding carboxylic acids is 2. The van der Waals surface area contributed by atoms with Crippen LogP contribution in [0.1, 0.15) is 48.0 Å². The van der Waals surface area contributed by atoms with E-state index in [4.69, 9.17) is 9.16 Å². The topological polar surface area (TPSA) is 64.6 Å². The standard InChI is InChI=1S/C18H33NO4Si/c1-11(2)19-16(20)13-10-14(12(3)15(13)17(21)22-7)23-24(8,9)18(4,5)6/h11,13-14H,10H2,1-9H3,(H,19,20)/t13-,14+/m0/s1. The smallest absolute Gasteiger partial charge is 0.334 e. The normalized spacial score (nSPS) is 22.1. The zero-order valence-corrected chi connectivity index (χ0v) is 17.6. The average Bonchev–Trinajstić information content (AvgIpc) is 2.73. The first-order valence-corrected chi connectivity index (χ1v) is 11.5. The summed E-state index contributed by atoms with van der Waals surface area (Å²) in [4.78, 5) is 24.8. The summed E-state index contributed by atoms with van der Waals surface area (Å²) in [5.74, 6) is -1.07. The van der Waals surface area contributed by atoms with Crippen molar-refractivity contribution in [3.05, 3.63) is 11.1 Å². The summed E-state index contributed by atoms with van der Waals surface area (Å²) >= 11 is 0. The summed E-state index contributed by atoms with van der Waals surface area (Å²) in [7, 11) is -0.651. The van der Waals surface area contributed by atoms with Crippen molar-refractivity contribution in [1.82, 2.24) is 5.32 Å². The second-order valence-electron chi connectivity index (χ2n) is 8.41. The summed E-state index contributed by atoms with van der Waals surface area (Å²) in [5.41, 5.74) is 1.29. The fourth-order valence-corrected chi connectivity index (χ4v) is 4.00. The van der Waals surface area contributed by atoms with E-state index in [9.17, 15) is 9.59 Å². The van der Waals surface area contributed by atoms with E-state index in [0.717, 1.165) is 5.57 Å². The molecule has 0 saturated carbocycles. The highest BCUT2D eigenvalue weighted by molar-refractivity contribution is 6.74. The molecule has 1 aliphatic rings. The van der Waals surface area contributed by atoms with E-state index < -0.39 is 20.2 Å². The third-order valence-corrected chi connectivity index (χ3v) is 9.59. The van der Waals surface area contributed by atoms with E-state index in [2.05, 4.69) is 39.2 Å². The van der Waals surface area contributed by atoms with Gasteiger partial charge in [0.05, 0.1) is 24.7 Å². The van der Waals surface area contributed by atoms with Crippen LogP contribution in [0.3, 0.4) is 0 Å². The van der Waals surface area contributed by atoms with E-state index >= 15 is 0 Å². The second kappa shape index (κ2) is 7.40. The minimum atomic E-state index is -2.00. The molecule has 24 heavy (non-hydrogen) atoms. The molecule has 0 fully saturated rings. The molecule has 1 aliphatic carbocycles. The number of ether oxygens (including phenoxy) is 1. The second-order valence-corrected chi connectivity index (χ2v) is 13.2. The van der Waals surface area contributed by atoms with Gasteiger partial charge in [0.2, 0.25) is 5.91 Å². The number of rotatable bonds is 5. The van der Waals surface area contributed by atoms with Crippen LogP contribution in [-0.4, -0.2) is 39.4 Å². The Hall–Kier alpha value is -1.14. The molecule has 0 unspecified atom stereocenters. The molecule has 1 N–H and O–H groups in total. The molecule has 5 nitrogen and oxygen atoms in total. The lowest BCUT2D eigenvalue weighted by Gasteiger charge is -2.39. The Morgan fingerprint density at radius 1 is 1.25 bits per heavy atom. The third kappa shape index (κ3) is 4.48. The number of hydrogen-bond donors (Lipinski definition) is 1. The number of nitrogens with one attached hydrogen (secondary N) is 1. The van der Waals surface area contributed by atoms with Gasteiger partial charge in [-0.2, -0.15) is 0 Å². The van der Waals surface area contributed by atoms with Gasteiger partial charge in [0.25, 0.3) is 0 Å². The summed E-state index contributed by atoms with van der Waals surface area (Å²) in [5, 5.41) is 2.97. The molecule has 0 radical (unpaired) electrons. The molecule has 0 aromatic heterocycles. The highest BCUT2D eigenvalue weighted by Gasteiger charge is 2.45. The highest BCUT2D eigenvalue weighted by atomic mass is 28.4. The maximum absolute atomic E-state index is 12.5. The number of carbonyl (C=O) groups is 2. The molecule has 0 saturated heterocycles. The Morgan fingerprint density at radius 2 is 1.79 bits per heavy atom. The number of methoxy groups -OCH3 is 1. The Morgan fingerprint density at radius 3 is 2.21 bits per heavy atom. The lowest BCUT2D eigenvalue weighted by atomic mass is 9.99. The van der Waals surface area contributed by atoms with E-state index in [1.54, 1.807) is 0 Å². The van der Waals surface area contributed by atoms with Crippen LogP contribution < -0.4 is 5.32 Å². The molecule has 0 aromatic carbocycles. The predicted octanol–water partition coefficient (Wildman–Crippen LogP) is 3.41. The molecule has 138 valence electrons. The quantitative estimate of drug-likeness (QED) is 0.606. The third-order valence-electron chi connectivity index (χ3n) is 5.10. The van der Waals surface area contributed by atoms with Crippen LogP contribution in [-0.2, 0) is 18.8 Å². The first-order chi connectivity index (χ1) is 10.8. The first-order valence-electron chi connectivity index (χ1n) is 8.59. The molecule has 2 atom stereocenters. The van der Waals surface area contributed by atoms with E-state index in [1.165, 1.54) is 7.11 Å². The van der Waals surface area contributed by atoms with Gasteiger partial charge in [-0.3, -0.25) is 4.79 Å². The Labute approximate surface area is 147 Å². The van der Waals surface area contributed by atoms with Crippen LogP contribution in [0.2, 0.25) is 18.1 Å². The summed E-state index contributed by atoms with van der Waals surface area (Å²) in [6, 6.07) is 0.0251. The van der Waals surface area contributed by atoms with Gasteiger partial charge in [0.1, 0.15) is 0 Å². The Kier molecular flexibility index (Phi) is 6.44. The van der Waals surface area contributed by atoms with Crippen LogP contribution in [0.25, 0.3) is 0 Å². The van der Waals surface area contributed by atoms with Crippen LogP contribution in [0, 0.1) is 5.92 Å². The van der Waals surface area contributed by atoms with Crippen molar-refractivity contribution in [2.45, 2.75) is 78.2 Å². The van der Waals surface area contributed by atoms with Crippen LogP contribution in [0.15, 0.2) is 11.1 Å². The van der Waals surface area contributed by atoms with Gasteiger partial charge in [-0.15, -0.1) is 0 Å². The Bertz CT molecular complexity index is 532. The van der Waals surface area contributed by atoms with E-state index in [1.807, 2.05) is 20.8 Å². The van der Waals surface area contributed by atoms with E-state index in [0.29, 0.717) is 12.0 Å². The van der Waals surface area contributed by atoms with Gasteiger partial charge in [-0.25, -0.2) is 4.79 Å². The predicted molar refractivity (Wildman–Crippen MR) is 98.2 cm³/mol. The van der Waals surface area contributed by atoms with Crippen molar-refractivity contribution in [1.29, 1.82) is 0 Å². The van der Waals surface area contributed by atoms with Crippen LogP contribution in [0.4, 0.5) is 0 Å². The molecular formula is C18H33NO4Si. The maximum atomic E-state index is 12.5. The largest absolute Gasteiger partial charge is 0.466 e. The van der Waals surface area contributed by atoms with Crippen molar-refractivity contribution in [3.8, 4) is 0 Å². The molecule has 1 amide bonds. The molecular weight excluding hydrogens is 322 g/mol. The molecule has 0 bridgehead atoms. The van der Waals surface area contributed by atoms with Gasteiger partial charge in [-0.1, -0.05) is 20.8 Å². The fourth-order valence-electron chi connectivity index (χ4n) is 2.66. The van der Waals surface area contributed by atoms with Crippen LogP contribution in [0.5, 0.6) is 0 Å². The van der Waals surface area contributed by atoms with Crippen molar-refractivity contribution in [2.75, 3.05) is 7.11 Å². The van der Waals surface area contributed by atoms with Crippen molar-refractivity contribution in [2.24, 2.45) is 5.92 Å².